The maximum absolute atomic E-state index is 11.7. The SMILES string of the molecule is CC1(C)CC(NC(=NCC2CCS(=O)(=O)C2)NC2CC2)c2ccccc2O1. The molecule has 2 N–H and O–H groups in total. The van der Waals surface area contributed by atoms with Gasteiger partial charge in [0.2, 0.25) is 0 Å². The highest BCUT2D eigenvalue weighted by Gasteiger charge is 2.35. The molecular weight excluding hydrogens is 362 g/mol. The van der Waals surface area contributed by atoms with Crippen molar-refractivity contribution < 1.29 is 13.2 Å². The number of rotatable bonds is 4. The first-order valence-corrected chi connectivity index (χ1v) is 11.7. The number of hydrogen-bond donors (Lipinski definition) is 2. The van der Waals surface area contributed by atoms with Gasteiger partial charge in [-0.15, -0.1) is 0 Å². The lowest BCUT2D eigenvalue weighted by Crippen LogP contribution is -2.46. The van der Waals surface area contributed by atoms with E-state index in [-0.39, 0.29) is 23.3 Å². The number of fused-ring (bicyclic) bond motifs is 1. The Bertz CT molecular complexity index is 831. The second-order valence-corrected chi connectivity index (χ2v) is 10.9. The minimum atomic E-state index is -2.86. The van der Waals surface area contributed by atoms with Crippen LogP contribution in [0.25, 0.3) is 0 Å². The fourth-order valence-corrected chi connectivity index (χ4v) is 5.74. The number of sulfone groups is 1. The van der Waals surface area contributed by atoms with E-state index in [2.05, 4.69) is 30.5 Å². The van der Waals surface area contributed by atoms with Gasteiger partial charge in [-0.25, -0.2) is 8.42 Å². The summed E-state index contributed by atoms with van der Waals surface area (Å²) in [6, 6.07) is 8.73. The molecule has 4 rings (SSSR count). The second kappa shape index (κ2) is 7.00. The van der Waals surface area contributed by atoms with Gasteiger partial charge in [0.15, 0.2) is 15.8 Å². The normalized spacial score (nSPS) is 28.9. The largest absolute Gasteiger partial charge is 0.487 e. The van der Waals surface area contributed by atoms with Gasteiger partial charge < -0.3 is 15.4 Å². The van der Waals surface area contributed by atoms with E-state index in [0.717, 1.165) is 43.0 Å². The number of aliphatic imine (C=N–C) groups is 1. The van der Waals surface area contributed by atoms with Crippen LogP contribution >= 0.6 is 0 Å². The Balaban J connectivity index is 1.50. The maximum atomic E-state index is 11.7. The zero-order chi connectivity index (χ0) is 19.1. The van der Waals surface area contributed by atoms with E-state index in [9.17, 15) is 8.42 Å². The van der Waals surface area contributed by atoms with E-state index in [1.54, 1.807) is 0 Å². The van der Waals surface area contributed by atoms with Crippen molar-refractivity contribution in [2.45, 2.75) is 57.2 Å². The quantitative estimate of drug-likeness (QED) is 0.609. The summed E-state index contributed by atoms with van der Waals surface area (Å²) in [5.41, 5.74) is 0.890. The fraction of sp³-hybridized carbons (Fsp3) is 0.650. The molecule has 27 heavy (non-hydrogen) atoms. The van der Waals surface area contributed by atoms with Crippen LogP contribution in [-0.2, 0) is 9.84 Å². The van der Waals surface area contributed by atoms with Crippen molar-refractivity contribution in [3.05, 3.63) is 29.8 Å². The van der Waals surface area contributed by atoms with Crippen molar-refractivity contribution in [3.63, 3.8) is 0 Å². The predicted octanol–water partition coefficient (Wildman–Crippen LogP) is 2.42. The molecule has 1 aromatic carbocycles. The molecule has 2 unspecified atom stereocenters. The third-order valence-corrected chi connectivity index (χ3v) is 7.28. The van der Waals surface area contributed by atoms with E-state index < -0.39 is 9.84 Å². The number of nitrogens with one attached hydrogen (secondary N) is 2. The van der Waals surface area contributed by atoms with Gasteiger partial charge in [0, 0.05) is 24.6 Å². The Morgan fingerprint density at radius 1 is 1.22 bits per heavy atom. The van der Waals surface area contributed by atoms with Crippen molar-refractivity contribution in [1.29, 1.82) is 0 Å². The van der Waals surface area contributed by atoms with Gasteiger partial charge in [-0.05, 0) is 45.1 Å². The van der Waals surface area contributed by atoms with Crippen molar-refractivity contribution in [3.8, 4) is 5.75 Å². The molecule has 0 radical (unpaired) electrons. The number of nitrogens with zero attached hydrogens (tertiary/aromatic N) is 1. The highest BCUT2D eigenvalue weighted by Crippen LogP contribution is 2.39. The summed E-state index contributed by atoms with van der Waals surface area (Å²) in [6.07, 6.45) is 3.88. The molecule has 2 heterocycles. The molecule has 3 aliphatic rings. The Hall–Kier alpha value is -1.76. The molecule has 0 amide bonds. The molecule has 0 bridgehead atoms. The molecule has 2 fully saturated rings. The summed E-state index contributed by atoms with van der Waals surface area (Å²) in [4.78, 5) is 4.76. The molecule has 1 saturated carbocycles. The van der Waals surface area contributed by atoms with Gasteiger partial charge in [-0.2, -0.15) is 0 Å². The van der Waals surface area contributed by atoms with E-state index in [4.69, 9.17) is 9.73 Å². The van der Waals surface area contributed by atoms with E-state index >= 15 is 0 Å². The first-order valence-electron chi connectivity index (χ1n) is 9.86. The van der Waals surface area contributed by atoms with Gasteiger partial charge in [0.05, 0.1) is 17.5 Å². The highest BCUT2D eigenvalue weighted by molar-refractivity contribution is 7.91. The Labute approximate surface area is 161 Å². The Kier molecular flexibility index (Phi) is 4.82. The molecule has 148 valence electrons. The number of para-hydroxylation sites is 1. The third kappa shape index (κ3) is 4.75. The van der Waals surface area contributed by atoms with Crippen molar-refractivity contribution in [1.82, 2.24) is 10.6 Å². The minimum Gasteiger partial charge on any atom is -0.487 e. The van der Waals surface area contributed by atoms with Gasteiger partial charge in [0.1, 0.15) is 11.4 Å². The summed E-state index contributed by atoms with van der Waals surface area (Å²) in [6.45, 7) is 4.76. The van der Waals surface area contributed by atoms with Crippen LogP contribution in [0, 0.1) is 5.92 Å². The first-order chi connectivity index (χ1) is 12.8. The van der Waals surface area contributed by atoms with Crippen LogP contribution in [0.3, 0.4) is 0 Å². The van der Waals surface area contributed by atoms with E-state index in [1.807, 2.05) is 18.2 Å². The third-order valence-electron chi connectivity index (χ3n) is 5.44. The molecule has 0 spiro atoms. The van der Waals surface area contributed by atoms with Crippen molar-refractivity contribution >= 4 is 15.8 Å². The molecule has 0 aromatic heterocycles. The predicted molar refractivity (Wildman–Crippen MR) is 107 cm³/mol. The zero-order valence-corrected chi connectivity index (χ0v) is 16.9. The lowest BCUT2D eigenvalue weighted by molar-refractivity contribution is 0.0694. The van der Waals surface area contributed by atoms with E-state index in [0.29, 0.717) is 18.3 Å². The zero-order valence-electron chi connectivity index (χ0n) is 16.1. The summed E-state index contributed by atoms with van der Waals surface area (Å²) in [7, 11) is -2.86. The average Bonchev–Trinajstić information content (AvgIpc) is 3.33. The topological polar surface area (TPSA) is 79.8 Å². The van der Waals surface area contributed by atoms with Gasteiger partial charge in [-0.1, -0.05) is 18.2 Å². The second-order valence-electron chi connectivity index (χ2n) is 8.68. The van der Waals surface area contributed by atoms with Crippen molar-refractivity contribution in [2.24, 2.45) is 10.9 Å². The molecule has 1 aliphatic carbocycles. The lowest BCUT2D eigenvalue weighted by atomic mass is 9.90. The Morgan fingerprint density at radius 2 is 2.00 bits per heavy atom. The fourth-order valence-electron chi connectivity index (χ4n) is 3.89. The Morgan fingerprint density at radius 3 is 2.70 bits per heavy atom. The molecule has 6 nitrogen and oxygen atoms in total. The summed E-state index contributed by atoms with van der Waals surface area (Å²) in [5, 5.41) is 7.08. The van der Waals surface area contributed by atoms with E-state index in [1.165, 1.54) is 0 Å². The summed E-state index contributed by atoms with van der Waals surface area (Å²) >= 11 is 0. The molecule has 7 heteroatoms. The van der Waals surface area contributed by atoms with Gasteiger partial charge >= 0.3 is 0 Å². The van der Waals surface area contributed by atoms with Gasteiger partial charge in [0.25, 0.3) is 0 Å². The smallest absolute Gasteiger partial charge is 0.191 e. The van der Waals surface area contributed by atoms with Crippen LogP contribution in [-0.4, -0.2) is 44.1 Å². The first kappa shape index (κ1) is 18.6. The number of ether oxygens (including phenoxy) is 1. The number of benzene rings is 1. The molecule has 2 atom stereocenters. The molecule has 1 saturated heterocycles. The highest BCUT2D eigenvalue weighted by atomic mass is 32.2. The van der Waals surface area contributed by atoms with Crippen LogP contribution < -0.4 is 15.4 Å². The molecular formula is C20H29N3O3S. The van der Waals surface area contributed by atoms with Crippen LogP contribution in [0.15, 0.2) is 29.3 Å². The lowest BCUT2D eigenvalue weighted by Gasteiger charge is -2.38. The minimum absolute atomic E-state index is 0.113. The number of hydrogen-bond acceptors (Lipinski definition) is 4. The summed E-state index contributed by atoms with van der Waals surface area (Å²) in [5.74, 6) is 2.40. The van der Waals surface area contributed by atoms with Crippen LogP contribution in [0.5, 0.6) is 5.75 Å². The monoisotopic (exact) mass is 391 g/mol. The van der Waals surface area contributed by atoms with Gasteiger partial charge in [-0.3, -0.25) is 4.99 Å². The van der Waals surface area contributed by atoms with Crippen molar-refractivity contribution in [2.75, 3.05) is 18.1 Å². The van der Waals surface area contributed by atoms with Crippen LogP contribution in [0.1, 0.15) is 51.1 Å². The van der Waals surface area contributed by atoms with Crippen LogP contribution in [0.4, 0.5) is 0 Å². The maximum Gasteiger partial charge on any atom is 0.191 e. The number of guanidine groups is 1. The average molecular weight is 392 g/mol. The van der Waals surface area contributed by atoms with Crippen LogP contribution in [0.2, 0.25) is 0 Å². The molecule has 1 aromatic rings. The molecule has 2 aliphatic heterocycles. The standard InChI is InChI=1S/C20H29N3O3S/c1-20(2)11-17(16-5-3-4-6-18(16)26-20)23-19(22-15-7-8-15)21-12-14-9-10-27(24,25)13-14/h3-6,14-15,17H,7-13H2,1-2H3,(H2,21,22,23). The summed E-state index contributed by atoms with van der Waals surface area (Å²) < 4.78 is 29.5.